The van der Waals surface area contributed by atoms with E-state index in [4.69, 9.17) is 0 Å². The summed E-state index contributed by atoms with van der Waals surface area (Å²) in [6.45, 7) is 0.465. The first-order valence-corrected chi connectivity index (χ1v) is 5.99. The molecule has 0 unspecified atom stereocenters. The molecular weight excluding hydrogens is 241 g/mol. The van der Waals surface area contributed by atoms with Crippen LogP contribution in [0.1, 0.15) is 5.56 Å². The molecule has 4 heteroatoms. The van der Waals surface area contributed by atoms with Gasteiger partial charge in [-0.25, -0.2) is 9.37 Å². The van der Waals surface area contributed by atoms with E-state index in [0.29, 0.717) is 12.1 Å². The van der Waals surface area contributed by atoms with Crippen molar-refractivity contribution in [3.05, 3.63) is 72.6 Å². The highest BCUT2D eigenvalue weighted by Gasteiger charge is 2.05. The van der Waals surface area contributed by atoms with Crippen molar-refractivity contribution >= 4 is 0 Å². The van der Waals surface area contributed by atoms with E-state index in [1.54, 1.807) is 24.7 Å². The average Bonchev–Trinajstić information content (AvgIpc) is 2.91. The van der Waals surface area contributed by atoms with Crippen molar-refractivity contribution in [2.24, 2.45) is 0 Å². The molecule has 2 heterocycles. The van der Waals surface area contributed by atoms with Gasteiger partial charge < -0.3 is 4.57 Å². The second-order valence-electron chi connectivity index (χ2n) is 4.24. The number of halogens is 1. The standard InChI is InChI=1S/C15H12FN3/c16-13-6-2-1-5-12(13)9-19-10-15(18-11-19)14-7-3-4-8-17-14/h1-8,10-11H,9H2. The van der Waals surface area contributed by atoms with Gasteiger partial charge in [0.05, 0.1) is 18.6 Å². The summed E-state index contributed by atoms with van der Waals surface area (Å²) in [5.41, 5.74) is 2.25. The van der Waals surface area contributed by atoms with E-state index in [2.05, 4.69) is 9.97 Å². The van der Waals surface area contributed by atoms with Gasteiger partial charge in [0.2, 0.25) is 0 Å². The molecule has 3 nitrogen and oxygen atoms in total. The van der Waals surface area contributed by atoms with Crippen molar-refractivity contribution < 1.29 is 4.39 Å². The van der Waals surface area contributed by atoms with Gasteiger partial charge in [-0.05, 0) is 18.2 Å². The highest BCUT2D eigenvalue weighted by atomic mass is 19.1. The summed E-state index contributed by atoms with van der Waals surface area (Å²) in [6, 6.07) is 12.4. The minimum Gasteiger partial charge on any atom is -0.332 e. The molecule has 0 aliphatic heterocycles. The summed E-state index contributed by atoms with van der Waals surface area (Å²) in [4.78, 5) is 8.53. The van der Waals surface area contributed by atoms with E-state index in [1.165, 1.54) is 6.07 Å². The molecule has 0 atom stereocenters. The van der Waals surface area contributed by atoms with E-state index in [-0.39, 0.29) is 5.82 Å². The zero-order valence-electron chi connectivity index (χ0n) is 10.2. The summed E-state index contributed by atoms with van der Waals surface area (Å²) in [5.74, 6) is -0.199. The van der Waals surface area contributed by atoms with Crippen molar-refractivity contribution in [2.45, 2.75) is 6.54 Å². The minimum absolute atomic E-state index is 0.199. The molecule has 0 saturated heterocycles. The molecule has 1 aromatic carbocycles. The molecule has 0 spiro atoms. The predicted molar refractivity (Wildman–Crippen MR) is 71.0 cm³/mol. The van der Waals surface area contributed by atoms with Crippen LogP contribution >= 0.6 is 0 Å². The first kappa shape index (κ1) is 11.6. The summed E-state index contributed by atoms with van der Waals surface area (Å²) in [7, 11) is 0. The Labute approximate surface area is 110 Å². The van der Waals surface area contributed by atoms with Crippen LogP contribution in [0.3, 0.4) is 0 Å². The van der Waals surface area contributed by atoms with Crippen molar-refractivity contribution in [1.82, 2.24) is 14.5 Å². The van der Waals surface area contributed by atoms with Gasteiger partial charge in [0.1, 0.15) is 11.5 Å². The molecule has 0 N–H and O–H groups in total. The van der Waals surface area contributed by atoms with Crippen molar-refractivity contribution in [3.63, 3.8) is 0 Å². The van der Waals surface area contributed by atoms with Crippen LogP contribution in [-0.4, -0.2) is 14.5 Å². The SMILES string of the molecule is Fc1ccccc1Cn1cnc(-c2ccccn2)c1. The summed E-state index contributed by atoms with van der Waals surface area (Å²) < 4.78 is 15.4. The molecule has 0 aliphatic rings. The molecule has 3 aromatic rings. The maximum absolute atomic E-state index is 13.6. The molecule has 94 valence electrons. The van der Waals surface area contributed by atoms with Crippen molar-refractivity contribution in [2.75, 3.05) is 0 Å². The fraction of sp³-hybridized carbons (Fsp3) is 0.0667. The smallest absolute Gasteiger partial charge is 0.128 e. The molecule has 0 aliphatic carbocycles. The average molecular weight is 253 g/mol. The third-order valence-electron chi connectivity index (χ3n) is 2.87. The van der Waals surface area contributed by atoms with Crippen LogP contribution in [0.5, 0.6) is 0 Å². The normalized spacial score (nSPS) is 10.6. The van der Waals surface area contributed by atoms with Crippen LogP contribution in [0.4, 0.5) is 4.39 Å². The predicted octanol–water partition coefficient (Wildman–Crippen LogP) is 3.13. The van der Waals surface area contributed by atoms with Crippen LogP contribution in [0, 0.1) is 5.82 Å². The Hall–Kier alpha value is -2.49. The van der Waals surface area contributed by atoms with Gasteiger partial charge in [-0.3, -0.25) is 4.98 Å². The van der Waals surface area contributed by atoms with Gasteiger partial charge >= 0.3 is 0 Å². The highest BCUT2D eigenvalue weighted by Crippen LogP contribution is 2.15. The van der Waals surface area contributed by atoms with Gasteiger partial charge in [0.25, 0.3) is 0 Å². The molecule has 0 fully saturated rings. The van der Waals surface area contributed by atoms with E-state index in [0.717, 1.165) is 11.4 Å². The Kier molecular flexibility index (Phi) is 3.06. The molecular formula is C15H12FN3. The number of imidazole rings is 1. The first-order chi connectivity index (χ1) is 9.33. The monoisotopic (exact) mass is 253 g/mol. The Morgan fingerprint density at radius 2 is 1.79 bits per heavy atom. The number of hydrogen-bond donors (Lipinski definition) is 0. The summed E-state index contributed by atoms with van der Waals surface area (Å²) in [5, 5.41) is 0. The molecule has 0 saturated carbocycles. The second-order valence-corrected chi connectivity index (χ2v) is 4.24. The summed E-state index contributed by atoms with van der Waals surface area (Å²) in [6.07, 6.45) is 5.29. The number of aromatic nitrogens is 3. The molecule has 0 radical (unpaired) electrons. The lowest BCUT2D eigenvalue weighted by atomic mass is 10.2. The fourth-order valence-corrected chi connectivity index (χ4v) is 1.92. The van der Waals surface area contributed by atoms with Gasteiger partial charge in [-0.2, -0.15) is 0 Å². The third kappa shape index (κ3) is 2.52. The van der Waals surface area contributed by atoms with E-state index < -0.39 is 0 Å². The quantitative estimate of drug-likeness (QED) is 0.718. The van der Waals surface area contributed by atoms with E-state index in [9.17, 15) is 4.39 Å². The molecule has 0 bridgehead atoms. The van der Waals surface area contributed by atoms with E-state index >= 15 is 0 Å². The van der Waals surface area contributed by atoms with Crippen LogP contribution in [-0.2, 0) is 6.54 Å². The molecule has 0 amide bonds. The van der Waals surface area contributed by atoms with Gasteiger partial charge in [-0.1, -0.05) is 24.3 Å². The Balaban J connectivity index is 1.85. The molecule has 3 rings (SSSR count). The molecule has 19 heavy (non-hydrogen) atoms. The number of hydrogen-bond acceptors (Lipinski definition) is 2. The van der Waals surface area contributed by atoms with Crippen molar-refractivity contribution in [1.29, 1.82) is 0 Å². The fourth-order valence-electron chi connectivity index (χ4n) is 1.92. The van der Waals surface area contributed by atoms with Gasteiger partial charge in [0, 0.05) is 18.0 Å². The number of nitrogens with zero attached hydrogens (tertiary/aromatic N) is 3. The van der Waals surface area contributed by atoms with Gasteiger partial charge in [0.15, 0.2) is 0 Å². The van der Waals surface area contributed by atoms with Crippen LogP contribution in [0.25, 0.3) is 11.4 Å². The zero-order chi connectivity index (χ0) is 13.1. The van der Waals surface area contributed by atoms with Crippen LogP contribution < -0.4 is 0 Å². The van der Waals surface area contributed by atoms with E-state index in [1.807, 2.05) is 35.0 Å². The maximum atomic E-state index is 13.6. The van der Waals surface area contributed by atoms with Crippen molar-refractivity contribution in [3.8, 4) is 11.4 Å². The van der Waals surface area contributed by atoms with Gasteiger partial charge in [-0.15, -0.1) is 0 Å². The number of rotatable bonds is 3. The lowest BCUT2D eigenvalue weighted by molar-refractivity contribution is 0.599. The number of benzene rings is 1. The lowest BCUT2D eigenvalue weighted by Crippen LogP contribution is -1.98. The second kappa shape index (κ2) is 5.02. The zero-order valence-corrected chi connectivity index (χ0v) is 10.2. The summed E-state index contributed by atoms with van der Waals surface area (Å²) >= 11 is 0. The topological polar surface area (TPSA) is 30.7 Å². The number of pyridine rings is 1. The minimum atomic E-state index is -0.199. The lowest BCUT2D eigenvalue weighted by Gasteiger charge is -2.03. The first-order valence-electron chi connectivity index (χ1n) is 5.99. The Bertz CT molecular complexity index is 677. The van der Waals surface area contributed by atoms with Crippen LogP contribution in [0.15, 0.2) is 61.2 Å². The molecule has 2 aromatic heterocycles. The Morgan fingerprint density at radius 3 is 2.58 bits per heavy atom. The Morgan fingerprint density at radius 1 is 0.947 bits per heavy atom. The maximum Gasteiger partial charge on any atom is 0.128 e. The largest absolute Gasteiger partial charge is 0.332 e. The highest BCUT2D eigenvalue weighted by molar-refractivity contribution is 5.52. The van der Waals surface area contributed by atoms with Crippen LogP contribution in [0.2, 0.25) is 0 Å². The third-order valence-corrected chi connectivity index (χ3v) is 2.87.